The van der Waals surface area contributed by atoms with Gasteiger partial charge in [0.1, 0.15) is 11.8 Å². The molecular weight excluding hydrogens is 356 g/mol. The molecule has 2 heterocycles. The molecule has 28 heavy (non-hydrogen) atoms. The Labute approximate surface area is 161 Å². The van der Waals surface area contributed by atoms with E-state index in [9.17, 15) is 9.59 Å². The molecule has 0 aliphatic rings. The molecule has 2 atom stereocenters. The largest absolute Gasteiger partial charge is 0.469 e. The second-order valence-electron chi connectivity index (χ2n) is 6.58. The highest BCUT2D eigenvalue weighted by Gasteiger charge is 2.40. The van der Waals surface area contributed by atoms with Crippen molar-refractivity contribution in [3.05, 3.63) is 72.1 Å². The molecule has 0 fully saturated rings. The molecule has 0 bridgehead atoms. The Morgan fingerprint density at radius 1 is 0.714 bits per heavy atom. The van der Waals surface area contributed by atoms with E-state index in [-0.39, 0.29) is 0 Å². The van der Waals surface area contributed by atoms with Gasteiger partial charge in [-0.25, -0.2) is 0 Å². The van der Waals surface area contributed by atoms with Gasteiger partial charge in [0.2, 0.25) is 0 Å². The Kier molecular flexibility index (Phi) is 4.61. The van der Waals surface area contributed by atoms with Gasteiger partial charge in [0, 0.05) is 34.2 Å². The van der Waals surface area contributed by atoms with Gasteiger partial charge in [0.25, 0.3) is 0 Å². The third-order valence-corrected chi connectivity index (χ3v) is 5.16. The smallest absolute Gasteiger partial charge is 0.314 e. The van der Waals surface area contributed by atoms with Crippen molar-refractivity contribution in [3.63, 3.8) is 0 Å². The standard InChI is InChI=1S/C22H20N2O4/c1-27-21(25)19(15-11-23-17-9-5-3-7-13(15)17)20(22(26)28-2)16-12-24-18-10-6-4-8-14(16)18/h3-12,19-20,23-24H,1-2H3. The molecule has 6 nitrogen and oxygen atoms in total. The molecule has 6 heteroatoms. The van der Waals surface area contributed by atoms with Gasteiger partial charge < -0.3 is 19.4 Å². The molecule has 0 radical (unpaired) electrons. The molecule has 4 aromatic rings. The zero-order chi connectivity index (χ0) is 19.7. The summed E-state index contributed by atoms with van der Waals surface area (Å²) in [7, 11) is 2.65. The number of fused-ring (bicyclic) bond motifs is 2. The van der Waals surface area contributed by atoms with Gasteiger partial charge in [-0.15, -0.1) is 0 Å². The number of hydrogen-bond donors (Lipinski definition) is 2. The van der Waals surface area contributed by atoms with E-state index in [1.54, 1.807) is 12.4 Å². The van der Waals surface area contributed by atoms with Crippen molar-refractivity contribution in [2.45, 2.75) is 11.8 Å². The van der Waals surface area contributed by atoms with Crippen LogP contribution in [-0.4, -0.2) is 36.1 Å². The number of H-pyrrole nitrogens is 2. The lowest BCUT2D eigenvalue weighted by Crippen LogP contribution is -2.28. The summed E-state index contributed by atoms with van der Waals surface area (Å²) in [5.74, 6) is -2.70. The van der Waals surface area contributed by atoms with Crippen molar-refractivity contribution in [3.8, 4) is 0 Å². The summed E-state index contributed by atoms with van der Waals surface area (Å²) in [6.07, 6.45) is 3.52. The summed E-state index contributed by atoms with van der Waals surface area (Å²) in [4.78, 5) is 32.1. The van der Waals surface area contributed by atoms with Crippen LogP contribution in [0.5, 0.6) is 0 Å². The summed E-state index contributed by atoms with van der Waals surface area (Å²) < 4.78 is 10.2. The maximum absolute atomic E-state index is 12.9. The van der Waals surface area contributed by atoms with E-state index in [4.69, 9.17) is 9.47 Å². The van der Waals surface area contributed by atoms with E-state index in [1.165, 1.54) is 14.2 Å². The monoisotopic (exact) mass is 376 g/mol. The fourth-order valence-corrected chi connectivity index (χ4v) is 3.84. The zero-order valence-corrected chi connectivity index (χ0v) is 15.6. The molecule has 0 aliphatic carbocycles. The first-order chi connectivity index (χ1) is 13.7. The van der Waals surface area contributed by atoms with Crippen molar-refractivity contribution in [1.82, 2.24) is 9.97 Å². The molecule has 2 aromatic carbocycles. The maximum atomic E-state index is 12.9. The number of hydrogen-bond acceptors (Lipinski definition) is 4. The SMILES string of the molecule is COC(=O)C(c1c[nH]c2ccccc12)C(C(=O)OC)c1c[nH]c2ccccc12. The number of para-hydroxylation sites is 2. The van der Waals surface area contributed by atoms with Gasteiger partial charge in [0.15, 0.2) is 0 Å². The van der Waals surface area contributed by atoms with Gasteiger partial charge in [-0.3, -0.25) is 9.59 Å². The number of carbonyl (C=O) groups is 2. The Bertz CT molecular complexity index is 1070. The number of aromatic amines is 2. The second-order valence-corrected chi connectivity index (χ2v) is 6.58. The van der Waals surface area contributed by atoms with Crippen LogP contribution in [-0.2, 0) is 19.1 Å². The van der Waals surface area contributed by atoms with Crippen molar-refractivity contribution < 1.29 is 19.1 Å². The van der Waals surface area contributed by atoms with E-state index >= 15 is 0 Å². The minimum absolute atomic E-state index is 0.495. The lowest BCUT2D eigenvalue weighted by Gasteiger charge is -2.23. The highest BCUT2D eigenvalue weighted by molar-refractivity contribution is 5.98. The quantitative estimate of drug-likeness (QED) is 0.518. The van der Waals surface area contributed by atoms with Gasteiger partial charge >= 0.3 is 11.9 Å². The van der Waals surface area contributed by atoms with Gasteiger partial charge in [-0.1, -0.05) is 36.4 Å². The van der Waals surface area contributed by atoms with E-state index in [0.29, 0.717) is 11.1 Å². The normalized spacial score (nSPS) is 13.4. The molecule has 2 aromatic heterocycles. The van der Waals surface area contributed by atoms with Crippen molar-refractivity contribution >= 4 is 33.7 Å². The zero-order valence-electron chi connectivity index (χ0n) is 15.6. The van der Waals surface area contributed by atoms with Crippen LogP contribution in [0.4, 0.5) is 0 Å². The number of methoxy groups -OCH3 is 2. The summed E-state index contributed by atoms with van der Waals surface area (Å²) in [6, 6.07) is 15.3. The Hall–Kier alpha value is -3.54. The van der Waals surface area contributed by atoms with Crippen molar-refractivity contribution in [1.29, 1.82) is 0 Å². The third-order valence-electron chi connectivity index (χ3n) is 5.16. The summed E-state index contributed by atoms with van der Waals surface area (Å²) >= 11 is 0. The predicted octanol–water partition coefficient (Wildman–Crippen LogP) is 3.86. The first-order valence-electron chi connectivity index (χ1n) is 8.93. The molecule has 2 N–H and O–H groups in total. The van der Waals surface area contributed by atoms with Gasteiger partial charge in [-0.2, -0.15) is 0 Å². The third kappa shape index (κ3) is 2.83. The van der Waals surface area contributed by atoms with Crippen molar-refractivity contribution in [2.24, 2.45) is 0 Å². The summed E-state index contributed by atoms with van der Waals surface area (Å²) in [5.41, 5.74) is 3.16. The van der Waals surface area contributed by atoms with Crippen LogP contribution in [0.1, 0.15) is 23.0 Å². The topological polar surface area (TPSA) is 84.2 Å². The molecular formula is C22H20N2O4. The molecule has 0 saturated carbocycles. The summed E-state index contributed by atoms with van der Waals surface area (Å²) in [5, 5.41) is 1.73. The minimum atomic E-state index is -0.854. The Balaban J connectivity index is 1.95. The number of ether oxygens (including phenoxy) is 2. The van der Waals surface area contributed by atoms with Crippen LogP contribution in [0.3, 0.4) is 0 Å². The minimum Gasteiger partial charge on any atom is -0.469 e. The first-order valence-corrected chi connectivity index (χ1v) is 8.93. The first kappa shape index (κ1) is 17.9. The van der Waals surface area contributed by atoms with E-state index in [0.717, 1.165) is 21.8 Å². The van der Waals surface area contributed by atoms with Gasteiger partial charge in [-0.05, 0) is 23.3 Å². The van der Waals surface area contributed by atoms with Crippen LogP contribution >= 0.6 is 0 Å². The molecule has 4 rings (SSSR count). The van der Waals surface area contributed by atoms with E-state index < -0.39 is 23.8 Å². The van der Waals surface area contributed by atoms with E-state index in [1.807, 2.05) is 48.5 Å². The lowest BCUT2D eigenvalue weighted by atomic mass is 9.81. The highest BCUT2D eigenvalue weighted by Crippen LogP contribution is 2.40. The molecule has 0 saturated heterocycles. The highest BCUT2D eigenvalue weighted by atomic mass is 16.5. The second kappa shape index (κ2) is 7.23. The van der Waals surface area contributed by atoms with Crippen LogP contribution in [0, 0.1) is 0 Å². The number of nitrogens with one attached hydrogen (secondary N) is 2. The molecule has 2 unspecified atom stereocenters. The lowest BCUT2D eigenvalue weighted by molar-refractivity contribution is -0.150. The van der Waals surface area contributed by atoms with Crippen LogP contribution in [0.2, 0.25) is 0 Å². The number of aromatic nitrogens is 2. The fraction of sp³-hybridized carbons (Fsp3) is 0.182. The van der Waals surface area contributed by atoms with Crippen LogP contribution < -0.4 is 0 Å². The maximum Gasteiger partial charge on any atom is 0.314 e. The average molecular weight is 376 g/mol. The summed E-state index contributed by atoms with van der Waals surface area (Å²) in [6.45, 7) is 0. The fourth-order valence-electron chi connectivity index (χ4n) is 3.84. The Morgan fingerprint density at radius 3 is 1.50 bits per heavy atom. The molecule has 0 spiro atoms. The Morgan fingerprint density at radius 2 is 1.11 bits per heavy atom. The molecule has 0 amide bonds. The predicted molar refractivity (Wildman–Crippen MR) is 106 cm³/mol. The van der Waals surface area contributed by atoms with Crippen molar-refractivity contribution in [2.75, 3.05) is 14.2 Å². The van der Waals surface area contributed by atoms with Crippen LogP contribution in [0.15, 0.2) is 60.9 Å². The number of carbonyl (C=O) groups excluding carboxylic acids is 2. The molecule has 0 aliphatic heterocycles. The van der Waals surface area contributed by atoms with Crippen LogP contribution in [0.25, 0.3) is 21.8 Å². The number of esters is 2. The van der Waals surface area contributed by atoms with E-state index in [2.05, 4.69) is 9.97 Å². The number of rotatable bonds is 5. The average Bonchev–Trinajstić information content (AvgIpc) is 3.35. The van der Waals surface area contributed by atoms with Gasteiger partial charge in [0.05, 0.1) is 14.2 Å². The number of benzene rings is 2. The molecule has 142 valence electrons.